The monoisotopic (exact) mass is 302 g/mol. The maximum atomic E-state index is 11.9. The predicted octanol–water partition coefficient (Wildman–Crippen LogP) is 1.69. The fourth-order valence-electron chi connectivity index (χ4n) is 1.92. The Morgan fingerprint density at radius 1 is 1.59 bits per heavy atom. The Bertz CT molecular complexity index is 348. The van der Waals surface area contributed by atoms with Crippen LogP contribution in [0.3, 0.4) is 0 Å². The fourth-order valence-corrected chi connectivity index (χ4v) is 2.11. The van der Waals surface area contributed by atoms with Crippen LogP contribution in [-0.4, -0.2) is 47.1 Å². The van der Waals surface area contributed by atoms with Crippen LogP contribution in [-0.2, 0) is 4.74 Å². The van der Waals surface area contributed by atoms with Gasteiger partial charge in [0.1, 0.15) is 6.26 Å². The number of likely N-dealkylation sites (tertiary alicyclic amines) is 1. The molecule has 6 heteroatoms. The highest BCUT2D eigenvalue weighted by Gasteiger charge is 2.25. The van der Waals surface area contributed by atoms with Crippen molar-refractivity contribution in [2.45, 2.75) is 18.9 Å². The molecule has 0 bridgehead atoms. The quantitative estimate of drug-likeness (QED) is 0.794. The number of piperidine rings is 1. The van der Waals surface area contributed by atoms with Gasteiger partial charge in [-0.3, -0.25) is 4.79 Å². The van der Waals surface area contributed by atoms with E-state index in [2.05, 4.69) is 25.6 Å². The summed E-state index contributed by atoms with van der Waals surface area (Å²) in [5, 5.41) is 4.51. The normalized spacial score (nSPS) is 17.4. The van der Waals surface area contributed by atoms with Crippen LogP contribution in [0.4, 0.5) is 0 Å². The number of carbonyl (C=O) groups is 1. The molecule has 94 valence electrons. The summed E-state index contributed by atoms with van der Waals surface area (Å²) in [7, 11) is 0. The number of ether oxygens (including phenoxy) is 1. The number of hydrogen-bond donors (Lipinski definition) is 0. The van der Waals surface area contributed by atoms with Crippen molar-refractivity contribution in [3.05, 3.63) is 18.0 Å². The van der Waals surface area contributed by atoms with Crippen molar-refractivity contribution in [1.82, 2.24) is 10.1 Å². The summed E-state index contributed by atoms with van der Waals surface area (Å²) in [5.41, 5.74) is 0.379. The van der Waals surface area contributed by atoms with Crippen molar-refractivity contribution in [2.75, 3.05) is 25.0 Å². The minimum absolute atomic E-state index is 0.0577. The van der Waals surface area contributed by atoms with Gasteiger partial charge in [-0.2, -0.15) is 0 Å². The Morgan fingerprint density at radius 3 is 2.94 bits per heavy atom. The molecule has 5 nitrogen and oxygen atoms in total. The molecule has 0 radical (unpaired) electrons. The number of hydrogen-bond acceptors (Lipinski definition) is 4. The number of carbonyl (C=O) groups excluding carboxylic acids is 1. The molecule has 1 amide bonds. The fraction of sp³-hybridized carbons (Fsp3) is 0.636. The molecule has 1 aromatic rings. The summed E-state index contributed by atoms with van der Waals surface area (Å²) in [4.78, 5) is 13.7. The van der Waals surface area contributed by atoms with E-state index < -0.39 is 0 Å². The average molecular weight is 303 g/mol. The molecular formula is C11H15BrN2O3. The Hall–Kier alpha value is -0.880. The first-order chi connectivity index (χ1) is 8.31. The lowest BCUT2D eigenvalue weighted by atomic mass is 10.1. The second kappa shape index (κ2) is 6.16. The van der Waals surface area contributed by atoms with Crippen LogP contribution in [0, 0.1) is 0 Å². The third kappa shape index (κ3) is 3.29. The summed E-state index contributed by atoms with van der Waals surface area (Å²) < 4.78 is 10.3. The van der Waals surface area contributed by atoms with E-state index in [1.807, 2.05) is 0 Å². The number of amides is 1. The molecule has 1 fully saturated rings. The number of aromatic nitrogens is 1. The van der Waals surface area contributed by atoms with Gasteiger partial charge in [-0.05, 0) is 12.8 Å². The highest BCUT2D eigenvalue weighted by atomic mass is 79.9. The van der Waals surface area contributed by atoms with Gasteiger partial charge >= 0.3 is 0 Å². The summed E-state index contributed by atoms with van der Waals surface area (Å²) >= 11 is 3.33. The first kappa shape index (κ1) is 12.6. The topological polar surface area (TPSA) is 55.6 Å². The van der Waals surface area contributed by atoms with Crippen molar-refractivity contribution in [3.8, 4) is 0 Å². The van der Waals surface area contributed by atoms with Crippen LogP contribution in [0.2, 0.25) is 0 Å². The lowest BCUT2D eigenvalue weighted by molar-refractivity contribution is 0.0157. The van der Waals surface area contributed by atoms with E-state index in [0.717, 1.165) is 37.9 Å². The molecule has 1 aromatic heterocycles. The van der Waals surface area contributed by atoms with Crippen molar-refractivity contribution < 1.29 is 14.1 Å². The number of nitrogens with zero attached hydrogens (tertiary/aromatic N) is 2. The summed E-state index contributed by atoms with van der Waals surface area (Å²) in [6, 6.07) is 1.59. The minimum atomic E-state index is -0.0577. The standard InChI is InChI=1S/C11H15BrN2O3/c12-4-8-16-9-1-5-14(6-2-9)11(15)10-3-7-17-13-10/h3,7,9H,1-2,4-6,8H2. The van der Waals surface area contributed by atoms with Gasteiger partial charge < -0.3 is 14.2 Å². The summed E-state index contributed by atoms with van der Waals surface area (Å²) in [6.07, 6.45) is 3.46. The molecule has 0 spiro atoms. The van der Waals surface area contributed by atoms with Crippen molar-refractivity contribution in [3.63, 3.8) is 0 Å². The Kier molecular flexibility index (Phi) is 4.56. The van der Waals surface area contributed by atoms with Crippen LogP contribution in [0.25, 0.3) is 0 Å². The molecule has 1 aliphatic rings. The molecule has 17 heavy (non-hydrogen) atoms. The first-order valence-electron chi connectivity index (χ1n) is 5.68. The van der Waals surface area contributed by atoms with Crippen LogP contribution < -0.4 is 0 Å². The van der Waals surface area contributed by atoms with E-state index in [1.54, 1.807) is 11.0 Å². The first-order valence-corrected chi connectivity index (χ1v) is 6.80. The highest BCUT2D eigenvalue weighted by molar-refractivity contribution is 9.09. The molecule has 0 aliphatic carbocycles. The van der Waals surface area contributed by atoms with E-state index >= 15 is 0 Å². The number of alkyl halides is 1. The second-order valence-corrected chi connectivity index (χ2v) is 4.73. The lowest BCUT2D eigenvalue weighted by Gasteiger charge is -2.31. The maximum Gasteiger partial charge on any atom is 0.276 e. The van der Waals surface area contributed by atoms with Crippen LogP contribution in [0.1, 0.15) is 23.3 Å². The zero-order chi connectivity index (χ0) is 12.1. The smallest absolute Gasteiger partial charge is 0.276 e. The molecule has 2 heterocycles. The van der Waals surface area contributed by atoms with Gasteiger partial charge in [-0.1, -0.05) is 21.1 Å². The van der Waals surface area contributed by atoms with Gasteiger partial charge in [-0.25, -0.2) is 0 Å². The number of rotatable bonds is 4. The van der Waals surface area contributed by atoms with Gasteiger partial charge in [0.05, 0.1) is 12.7 Å². The largest absolute Gasteiger partial charge is 0.377 e. The molecule has 0 atom stereocenters. The zero-order valence-electron chi connectivity index (χ0n) is 9.47. The van der Waals surface area contributed by atoms with E-state index in [0.29, 0.717) is 5.69 Å². The molecule has 0 N–H and O–H groups in total. The third-order valence-corrected chi connectivity index (χ3v) is 3.14. The van der Waals surface area contributed by atoms with Crippen molar-refractivity contribution in [1.29, 1.82) is 0 Å². The zero-order valence-corrected chi connectivity index (χ0v) is 11.1. The molecule has 0 aromatic carbocycles. The Morgan fingerprint density at radius 2 is 2.35 bits per heavy atom. The van der Waals surface area contributed by atoms with E-state index in [9.17, 15) is 4.79 Å². The summed E-state index contributed by atoms with van der Waals surface area (Å²) in [5.74, 6) is -0.0577. The van der Waals surface area contributed by atoms with Gasteiger partial charge in [0, 0.05) is 24.5 Å². The molecule has 0 saturated carbocycles. The predicted molar refractivity (Wildman–Crippen MR) is 65.2 cm³/mol. The van der Waals surface area contributed by atoms with Gasteiger partial charge in [0.25, 0.3) is 5.91 Å². The van der Waals surface area contributed by atoms with E-state index in [1.165, 1.54) is 6.26 Å². The van der Waals surface area contributed by atoms with Gasteiger partial charge in [-0.15, -0.1) is 0 Å². The van der Waals surface area contributed by atoms with Gasteiger partial charge in [0.2, 0.25) is 0 Å². The highest BCUT2D eigenvalue weighted by Crippen LogP contribution is 2.15. The maximum absolute atomic E-state index is 11.9. The Balaban J connectivity index is 1.81. The molecular weight excluding hydrogens is 288 g/mol. The molecule has 1 saturated heterocycles. The van der Waals surface area contributed by atoms with Crippen LogP contribution >= 0.6 is 15.9 Å². The van der Waals surface area contributed by atoms with E-state index in [-0.39, 0.29) is 12.0 Å². The molecule has 1 aliphatic heterocycles. The van der Waals surface area contributed by atoms with Crippen molar-refractivity contribution in [2.24, 2.45) is 0 Å². The molecule has 2 rings (SSSR count). The third-order valence-electron chi connectivity index (χ3n) is 2.82. The number of halogens is 1. The molecule has 0 unspecified atom stereocenters. The summed E-state index contributed by atoms with van der Waals surface area (Å²) in [6.45, 7) is 2.17. The minimum Gasteiger partial charge on any atom is -0.377 e. The van der Waals surface area contributed by atoms with Gasteiger partial charge in [0.15, 0.2) is 5.69 Å². The average Bonchev–Trinajstić information content (AvgIpc) is 2.90. The SMILES string of the molecule is O=C(c1ccon1)N1CCC(OCCBr)CC1. The van der Waals surface area contributed by atoms with E-state index in [4.69, 9.17) is 4.74 Å². The van der Waals surface area contributed by atoms with Crippen LogP contribution in [0.15, 0.2) is 16.9 Å². The lowest BCUT2D eigenvalue weighted by Crippen LogP contribution is -2.41. The van der Waals surface area contributed by atoms with Crippen LogP contribution in [0.5, 0.6) is 0 Å². The van der Waals surface area contributed by atoms with Crippen molar-refractivity contribution >= 4 is 21.8 Å². The Labute approximate surface area is 108 Å². The second-order valence-electron chi connectivity index (χ2n) is 3.94.